The second kappa shape index (κ2) is 8.86. The smallest absolute Gasteiger partial charge is 0.226 e. The second-order valence-electron chi connectivity index (χ2n) is 6.99. The van der Waals surface area contributed by atoms with Crippen LogP contribution in [-0.2, 0) is 17.8 Å². The van der Waals surface area contributed by atoms with E-state index < -0.39 is 0 Å². The van der Waals surface area contributed by atoms with Crippen molar-refractivity contribution in [1.29, 1.82) is 0 Å². The molecule has 28 heavy (non-hydrogen) atoms. The molecule has 4 rings (SSSR count). The van der Waals surface area contributed by atoms with Gasteiger partial charge in [-0.05, 0) is 30.1 Å². The number of carbonyl (C=O) groups excluding carboxylic acids is 1. The van der Waals surface area contributed by atoms with E-state index in [1.54, 1.807) is 22.7 Å². The molecule has 3 aromatic rings. The SMILES string of the molecule is CN1CCN(c2ccccc2CNC(=O)Cc2csc(-c3cccs3)n2)CC1. The summed E-state index contributed by atoms with van der Waals surface area (Å²) >= 11 is 3.26. The molecule has 1 aromatic carbocycles. The third kappa shape index (κ3) is 4.60. The molecule has 0 radical (unpaired) electrons. The fraction of sp³-hybridized carbons (Fsp3) is 0.333. The molecule has 1 aliphatic rings. The predicted octanol–water partition coefficient (Wildman–Crippen LogP) is 3.48. The van der Waals surface area contributed by atoms with Crippen LogP contribution in [0, 0.1) is 0 Å². The van der Waals surface area contributed by atoms with E-state index in [0.717, 1.165) is 47.3 Å². The molecule has 5 nitrogen and oxygen atoms in total. The number of aromatic nitrogens is 1. The number of thiophene rings is 1. The van der Waals surface area contributed by atoms with E-state index in [9.17, 15) is 4.79 Å². The molecule has 1 amide bonds. The molecule has 7 heteroatoms. The lowest BCUT2D eigenvalue weighted by atomic mass is 10.1. The van der Waals surface area contributed by atoms with Crippen LogP contribution in [0.3, 0.4) is 0 Å². The van der Waals surface area contributed by atoms with Gasteiger partial charge in [-0.2, -0.15) is 0 Å². The van der Waals surface area contributed by atoms with Crippen molar-refractivity contribution >= 4 is 34.3 Å². The van der Waals surface area contributed by atoms with E-state index in [0.29, 0.717) is 13.0 Å². The van der Waals surface area contributed by atoms with Crippen molar-refractivity contribution < 1.29 is 4.79 Å². The Balaban J connectivity index is 1.35. The molecule has 1 aliphatic heterocycles. The first-order valence-electron chi connectivity index (χ1n) is 9.45. The Hall–Kier alpha value is -2.22. The standard InChI is InChI=1S/C21H24N4OS2/c1-24-8-10-25(11-9-24)18-6-3-2-5-16(18)14-22-20(26)13-17-15-28-21(23-17)19-7-4-12-27-19/h2-7,12,15H,8-11,13-14H2,1H3,(H,22,26). The summed E-state index contributed by atoms with van der Waals surface area (Å²) in [5, 5.41) is 8.08. The van der Waals surface area contributed by atoms with Crippen LogP contribution in [0.4, 0.5) is 5.69 Å². The van der Waals surface area contributed by atoms with Gasteiger partial charge >= 0.3 is 0 Å². The number of rotatable bonds is 6. The molecule has 2 aromatic heterocycles. The van der Waals surface area contributed by atoms with Gasteiger partial charge in [0.05, 0.1) is 17.0 Å². The molecule has 1 N–H and O–H groups in total. The van der Waals surface area contributed by atoms with Crippen molar-refractivity contribution in [2.45, 2.75) is 13.0 Å². The maximum absolute atomic E-state index is 12.4. The van der Waals surface area contributed by atoms with Gasteiger partial charge in [0.2, 0.25) is 5.91 Å². The Morgan fingerprint density at radius 1 is 1.11 bits per heavy atom. The van der Waals surface area contributed by atoms with Crippen LogP contribution in [0.25, 0.3) is 9.88 Å². The Kier molecular flexibility index (Phi) is 6.04. The fourth-order valence-corrected chi connectivity index (χ4v) is 4.97. The van der Waals surface area contributed by atoms with E-state index in [-0.39, 0.29) is 5.91 Å². The second-order valence-corrected chi connectivity index (χ2v) is 8.80. The number of amides is 1. The number of nitrogens with zero attached hydrogens (tertiary/aromatic N) is 3. The van der Waals surface area contributed by atoms with Gasteiger partial charge in [0.25, 0.3) is 0 Å². The minimum atomic E-state index is 0.0104. The molecule has 146 valence electrons. The van der Waals surface area contributed by atoms with Gasteiger partial charge in [0.15, 0.2) is 0 Å². The minimum Gasteiger partial charge on any atom is -0.369 e. The molecule has 0 aliphatic carbocycles. The monoisotopic (exact) mass is 412 g/mol. The van der Waals surface area contributed by atoms with Crippen molar-refractivity contribution in [2.24, 2.45) is 0 Å². The van der Waals surface area contributed by atoms with Crippen molar-refractivity contribution in [1.82, 2.24) is 15.2 Å². The summed E-state index contributed by atoms with van der Waals surface area (Å²) in [6.45, 7) is 4.72. The number of nitrogens with one attached hydrogen (secondary N) is 1. The van der Waals surface area contributed by atoms with Gasteiger partial charge in [-0.1, -0.05) is 24.3 Å². The molecular weight excluding hydrogens is 388 g/mol. The largest absolute Gasteiger partial charge is 0.369 e. The van der Waals surface area contributed by atoms with Crippen LogP contribution in [0.2, 0.25) is 0 Å². The molecule has 1 fully saturated rings. The zero-order chi connectivity index (χ0) is 19.3. The first kappa shape index (κ1) is 19.1. The lowest BCUT2D eigenvalue weighted by Gasteiger charge is -2.35. The number of para-hydroxylation sites is 1. The Labute approximate surface area is 173 Å². The molecule has 0 atom stereocenters. The number of benzene rings is 1. The van der Waals surface area contributed by atoms with Crippen LogP contribution < -0.4 is 10.2 Å². The third-order valence-electron chi connectivity index (χ3n) is 4.94. The number of thiazole rings is 1. The van der Waals surface area contributed by atoms with Crippen molar-refractivity contribution in [3.8, 4) is 9.88 Å². The van der Waals surface area contributed by atoms with Crippen molar-refractivity contribution in [2.75, 3.05) is 38.1 Å². The molecule has 1 saturated heterocycles. The zero-order valence-electron chi connectivity index (χ0n) is 15.9. The minimum absolute atomic E-state index is 0.0104. The molecule has 0 unspecified atom stereocenters. The van der Waals surface area contributed by atoms with Crippen LogP contribution >= 0.6 is 22.7 Å². The number of piperazine rings is 1. The van der Waals surface area contributed by atoms with E-state index in [2.05, 4.69) is 51.4 Å². The lowest BCUT2D eigenvalue weighted by molar-refractivity contribution is -0.120. The molecule has 0 bridgehead atoms. The normalized spacial score (nSPS) is 15.0. The Morgan fingerprint density at radius 2 is 1.93 bits per heavy atom. The average molecular weight is 413 g/mol. The average Bonchev–Trinajstić information content (AvgIpc) is 3.39. The number of hydrogen-bond acceptors (Lipinski definition) is 6. The zero-order valence-corrected chi connectivity index (χ0v) is 17.6. The van der Waals surface area contributed by atoms with E-state index in [1.165, 1.54) is 5.69 Å². The van der Waals surface area contributed by atoms with Gasteiger partial charge in [0.1, 0.15) is 5.01 Å². The summed E-state index contributed by atoms with van der Waals surface area (Å²) < 4.78 is 0. The Bertz CT molecular complexity index is 914. The fourth-order valence-electron chi connectivity index (χ4n) is 3.34. The lowest BCUT2D eigenvalue weighted by Crippen LogP contribution is -2.45. The quantitative estimate of drug-likeness (QED) is 0.673. The number of likely N-dealkylation sites (N-methyl/N-ethyl adjacent to an activating group) is 1. The first-order chi connectivity index (χ1) is 13.7. The van der Waals surface area contributed by atoms with Gasteiger partial charge in [-0.15, -0.1) is 22.7 Å². The first-order valence-corrected chi connectivity index (χ1v) is 11.2. The van der Waals surface area contributed by atoms with Gasteiger partial charge in [0, 0.05) is 43.8 Å². The van der Waals surface area contributed by atoms with E-state index >= 15 is 0 Å². The maximum Gasteiger partial charge on any atom is 0.226 e. The summed E-state index contributed by atoms with van der Waals surface area (Å²) in [5.41, 5.74) is 3.22. The van der Waals surface area contributed by atoms with Crippen LogP contribution in [0.15, 0.2) is 47.2 Å². The van der Waals surface area contributed by atoms with Crippen molar-refractivity contribution in [3.63, 3.8) is 0 Å². The number of anilines is 1. The topological polar surface area (TPSA) is 48.5 Å². The molecular formula is C21H24N4OS2. The highest BCUT2D eigenvalue weighted by Gasteiger charge is 2.17. The molecule has 0 spiro atoms. The van der Waals surface area contributed by atoms with Gasteiger partial charge in [-0.3, -0.25) is 4.79 Å². The highest BCUT2D eigenvalue weighted by atomic mass is 32.1. The molecule has 0 saturated carbocycles. The summed E-state index contributed by atoms with van der Waals surface area (Å²) in [7, 11) is 2.16. The van der Waals surface area contributed by atoms with E-state index in [4.69, 9.17) is 0 Å². The Morgan fingerprint density at radius 3 is 2.71 bits per heavy atom. The van der Waals surface area contributed by atoms with Crippen LogP contribution in [-0.4, -0.2) is 49.0 Å². The highest BCUT2D eigenvalue weighted by Crippen LogP contribution is 2.28. The maximum atomic E-state index is 12.4. The number of hydrogen-bond donors (Lipinski definition) is 1. The summed E-state index contributed by atoms with van der Waals surface area (Å²) in [6.07, 6.45) is 0.318. The van der Waals surface area contributed by atoms with Crippen molar-refractivity contribution in [3.05, 3.63) is 58.4 Å². The van der Waals surface area contributed by atoms with Gasteiger partial charge in [-0.25, -0.2) is 4.98 Å². The number of carbonyl (C=O) groups is 1. The van der Waals surface area contributed by atoms with Gasteiger partial charge < -0.3 is 15.1 Å². The van der Waals surface area contributed by atoms with E-state index in [1.807, 2.05) is 22.9 Å². The van der Waals surface area contributed by atoms with Crippen LogP contribution in [0.5, 0.6) is 0 Å². The third-order valence-corrected chi connectivity index (χ3v) is 6.87. The summed E-state index contributed by atoms with van der Waals surface area (Å²) in [5.74, 6) is 0.0104. The summed E-state index contributed by atoms with van der Waals surface area (Å²) in [4.78, 5) is 23.0. The predicted molar refractivity (Wildman–Crippen MR) is 117 cm³/mol. The van der Waals surface area contributed by atoms with Crippen LogP contribution in [0.1, 0.15) is 11.3 Å². The highest BCUT2D eigenvalue weighted by molar-refractivity contribution is 7.20. The molecule has 3 heterocycles. The summed E-state index contributed by atoms with van der Waals surface area (Å²) in [6, 6.07) is 12.4.